The molecule has 1 aromatic heterocycles. The topological polar surface area (TPSA) is 17.2 Å². The maximum atomic E-state index is 6.80. The molecule has 0 spiro atoms. The summed E-state index contributed by atoms with van der Waals surface area (Å²) in [6.45, 7) is 10.8. The van der Waals surface area contributed by atoms with E-state index in [0.717, 1.165) is 17.7 Å². The number of pyridine rings is 1. The van der Waals surface area contributed by atoms with Crippen LogP contribution in [0.4, 0.5) is 5.69 Å². The molecule has 56 valence electrons. The molecule has 2 nitrogen and oxygen atoms in total. The third-order valence-electron chi connectivity index (χ3n) is 1.62. The summed E-state index contributed by atoms with van der Waals surface area (Å²) in [6, 6.07) is 1.97. The van der Waals surface area contributed by atoms with Crippen molar-refractivity contribution in [1.29, 1.82) is 0 Å². The highest BCUT2D eigenvalue weighted by atomic mass is 14.7. The zero-order chi connectivity index (χ0) is 8.27. The van der Waals surface area contributed by atoms with Crippen molar-refractivity contribution in [2.75, 3.05) is 0 Å². The molecule has 0 saturated heterocycles. The van der Waals surface area contributed by atoms with Crippen molar-refractivity contribution in [3.8, 4) is 0 Å². The van der Waals surface area contributed by atoms with E-state index >= 15 is 0 Å². The normalized spacial score (nSPS) is 9.18. The Morgan fingerprint density at radius 1 is 1.64 bits per heavy atom. The molecule has 0 atom stereocenters. The highest BCUT2D eigenvalue weighted by Gasteiger charge is 1.97. The molecule has 11 heavy (non-hydrogen) atoms. The van der Waals surface area contributed by atoms with E-state index in [1.165, 1.54) is 0 Å². The van der Waals surface area contributed by atoms with Crippen LogP contribution >= 0.6 is 0 Å². The van der Waals surface area contributed by atoms with Crippen LogP contribution in [-0.2, 0) is 6.42 Å². The lowest BCUT2D eigenvalue weighted by Gasteiger charge is -1.98. The third-order valence-corrected chi connectivity index (χ3v) is 1.62. The second-order valence-corrected chi connectivity index (χ2v) is 2.43. The van der Waals surface area contributed by atoms with Crippen LogP contribution in [0.2, 0.25) is 0 Å². The van der Waals surface area contributed by atoms with Crippen LogP contribution in [0.3, 0.4) is 0 Å². The summed E-state index contributed by atoms with van der Waals surface area (Å²) in [5.41, 5.74) is 2.73. The number of aromatic nitrogens is 1. The lowest BCUT2D eigenvalue weighted by molar-refractivity contribution is 1.03. The minimum Gasteiger partial charge on any atom is -0.273 e. The highest BCUT2D eigenvalue weighted by Crippen LogP contribution is 2.16. The predicted octanol–water partition coefficient (Wildman–Crippen LogP) is 2.50. The average molecular weight is 146 g/mol. The van der Waals surface area contributed by atoms with Gasteiger partial charge in [0.25, 0.3) is 0 Å². The summed E-state index contributed by atoms with van der Waals surface area (Å²) < 4.78 is 0. The van der Waals surface area contributed by atoms with Crippen molar-refractivity contribution in [2.24, 2.45) is 0 Å². The quantitative estimate of drug-likeness (QED) is 0.556. The Morgan fingerprint density at radius 2 is 2.36 bits per heavy atom. The van der Waals surface area contributed by atoms with Crippen LogP contribution in [0.15, 0.2) is 12.3 Å². The molecular formula is C9H10N2. The summed E-state index contributed by atoms with van der Waals surface area (Å²) in [6.07, 6.45) is 2.57. The van der Waals surface area contributed by atoms with Gasteiger partial charge in [-0.25, -0.2) is 4.85 Å². The molecule has 0 bridgehead atoms. The molecule has 0 aliphatic heterocycles. The standard InChI is InChI=1S/C9H10N2/c1-4-8-5-7(2)9(10-3)6-11-8/h5-6H,4H2,1-2H3. The van der Waals surface area contributed by atoms with Gasteiger partial charge in [0.1, 0.15) is 0 Å². The summed E-state index contributed by atoms with van der Waals surface area (Å²) in [5, 5.41) is 0. The maximum Gasteiger partial charge on any atom is 0.207 e. The van der Waals surface area contributed by atoms with E-state index in [9.17, 15) is 0 Å². The monoisotopic (exact) mass is 146 g/mol. The van der Waals surface area contributed by atoms with Crippen molar-refractivity contribution in [3.63, 3.8) is 0 Å². The van der Waals surface area contributed by atoms with E-state index in [2.05, 4.69) is 16.8 Å². The van der Waals surface area contributed by atoms with Crippen LogP contribution in [0.1, 0.15) is 18.2 Å². The Labute approximate surface area is 66.7 Å². The fraction of sp³-hybridized carbons (Fsp3) is 0.333. The van der Waals surface area contributed by atoms with Gasteiger partial charge in [-0.15, -0.1) is 0 Å². The number of hydrogen-bond donors (Lipinski definition) is 0. The van der Waals surface area contributed by atoms with E-state index in [0.29, 0.717) is 5.69 Å². The van der Waals surface area contributed by atoms with Gasteiger partial charge in [0.2, 0.25) is 5.69 Å². The molecule has 1 heterocycles. The molecule has 2 heteroatoms. The molecule has 0 saturated carbocycles. The van der Waals surface area contributed by atoms with Gasteiger partial charge in [0.05, 0.1) is 6.57 Å². The minimum atomic E-state index is 0.655. The van der Waals surface area contributed by atoms with Crippen molar-refractivity contribution in [2.45, 2.75) is 20.3 Å². The minimum absolute atomic E-state index is 0.655. The van der Waals surface area contributed by atoms with E-state index in [4.69, 9.17) is 6.57 Å². The van der Waals surface area contributed by atoms with Gasteiger partial charge in [-0.3, -0.25) is 4.98 Å². The molecule has 0 aromatic carbocycles. The highest BCUT2D eigenvalue weighted by molar-refractivity contribution is 5.49. The molecule has 0 unspecified atom stereocenters. The summed E-state index contributed by atoms with van der Waals surface area (Å²) in [4.78, 5) is 7.45. The van der Waals surface area contributed by atoms with Crippen LogP contribution in [0.25, 0.3) is 4.85 Å². The Morgan fingerprint density at radius 3 is 2.82 bits per heavy atom. The Kier molecular flexibility index (Phi) is 2.22. The van der Waals surface area contributed by atoms with Crippen molar-refractivity contribution in [3.05, 3.63) is 34.9 Å². The molecule has 0 radical (unpaired) electrons. The van der Waals surface area contributed by atoms with E-state index in [1.54, 1.807) is 6.20 Å². The zero-order valence-corrected chi connectivity index (χ0v) is 6.76. The molecule has 1 rings (SSSR count). The van der Waals surface area contributed by atoms with Crippen molar-refractivity contribution < 1.29 is 0 Å². The van der Waals surface area contributed by atoms with Gasteiger partial charge in [0.15, 0.2) is 0 Å². The van der Waals surface area contributed by atoms with Gasteiger partial charge in [-0.2, -0.15) is 0 Å². The Balaban J connectivity index is 3.12. The van der Waals surface area contributed by atoms with Crippen molar-refractivity contribution in [1.82, 2.24) is 4.98 Å². The number of hydrogen-bond acceptors (Lipinski definition) is 1. The Hall–Kier alpha value is -1.36. The van der Waals surface area contributed by atoms with E-state index in [1.807, 2.05) is 13.0 Å². The first-order valence-electron chi connectivity index (χ1n) is 3.61. The van der Waals surface area contributed by atoms with Gasteiger partial charge >= 0.3 is 0 Å². The average Bonchev–Trinajstić information content (AvgIpc) is 2.04. The predicted molar refractivity (Wildman–Crippen MR) is 44.6 cm³/mol. The first-order chi connectivity index (χ1) is 5.27. The summed E-state index contributed by atoms with van der Waals surface area (Å²) in [7, 11) is 0. The fourth-order valence-electron chi connectivity index (χ4n) is 0.917. The fourth-order valence-corrected chi connectivity index (χ4v) is 0.917. The van der Waals surface area contributed by atoms with Crippen LogP contribution in [0, 0.1) is 13.5 Å². The summed E-state index contributed by atoms with van der Waals surface area (Å²) >= 11 is 0. The number of nitrogens with zero attached hydrogens (tertiary/aromatic N) is 2. The molecule has 0 amide bonds. The van der Waals surface area contributed by atoms with Crippen LogP contribution in [0.5, 0.6) is 0 Å². The number of rotatable bonds is 1. The van der Waals surface area contributed by atoms with Crippen LogP contribution in [-0.4, -0.2) is 4.98 Å². The summed E-state index contributed by atoms with van der Waals surface area (Å²) in [5.74, 6) is 0. The van der Waals surface area contributed by atoms with Crippen LogP contribution < -0.4 is 0 Å². The first-order valence-corrected chi connectivity index (χ1v) is 3.61. The molecular weight excluding hydrogens is 136 g/mol. The smallest absolute Gasteiger partial charge is 0.207 e. The van der Waals surface area contributed by atoms with Gasteiger partial charge < -0.3 is 0 Å². The first kappa shape index (κ1) is 7.74. The molecule has 0 aliphatic rings. The molecule has 1 aromatic rings. The third kappa shape index (κ3) is 1.56. The zero-order valence-electron chi connectivity index (χ0n) is 6.76. The second-order valence-electron chi connectivity index (χ2n) is 2.43. The molecule has 0 aliphatic carbocycles. The number of aryl methyl sites for hydroxylation is 2. The largest absolute Gasteiger partial charge is 0.273 e. The maximum absolute atomic E-state index is 6.80. The SMILES string of the molecule is [C-]#[N+]c1cnc(CC)cc1C. The molecule has 0 fully saturated rings. The lowest BCUT2D eigenvalue weighted by Crippen LogP contribution is -1.86. The van der Waals surface area contributed by atoms with Gasteiger partial charge in [0, 0.05) is 11.9 Å². The Bertz CT molecular complexity index is 297. The van der Waals surface area contributed by atoms with Gasteiger partial charge in [-0.1, -0.05) is 6.92 Å². The van der Waals surface area contributed by atoms with Crippen molar-refractivity contribution >= 4 is 5.69 Å². The molecule has 0 N–H and O–H groups in total. The van der Waals surface area contributed by atoms with E-state index in [-0.39, 0.29) is 0 Å². The van der Waals surface area contributed by atoms with E-state index < -0.39 is 0 Å². The van der Waals surface area contributed by atoms with Gasteiger partial charge in [-0.05, 0) is 25.0 Å². The lowest BCUT2D eigenvalue weighted by atomic mass is 10.2. The second kappa shape index (κ2) is 3.16.